The summed E-state index contributed by atoms with van der Waals surface area (Å²) in [6, 6.07) is 0. The Morgan fingerprint density at radius 2 is 2.30 bits per heavy atom. The van der Waals surface area contributed by atoms with Gasteiger partial charge in [-0.1, -0.05) is 13.0 Å². The van der Waals surface area contributed by atoms with E-state index in [1.54, 1.807) is 12.2 Å². The molecule has 0 saturated carbocycles. The molecule has 0 aromatic carbocycles. The van der Waals surface area contributed by atoms with Crippen LogP contribution >= 0.6 is 0 Å². The molecular weight excluding hydrogens is 128 g/mol. The Labute approximate surface area is 60.0 Å². The van der Waals surface area contributed by atoms with E-state index in [1.807, 2.05) is 6.92 Å². The van der Waals surface area contributed by atoms with E-state index in [2.05, 4.69) is 0 Å². The topological polar surface area (TPSA) is 72.3 Å². The van der Waals surface area contributed by atoms with E-state index < -0.39 is 5.72 Å². The van der Waals surface area contributed by atoms with Gasteiger partial charge in [0.05, 0.1) is 0 Å². The summed E-state index contributed by atoms with van der Waals surface area (Å²) < 4.78 is 0. The van der Waals surface area contributed by atoms with Gasteiger partial charge in [0.2, 0.25) is 0 Å². The average Bonchev–Trinajstić information content (AvgIpc) is 1.81. The van der Waals surface area contributed by atoms with Crippen LogP contribution in [0.5, 0.6) is 0 Å². The maximum absolute atomic E-state index is 9.35. The largest absolute Gasteiger partial charge is 0.399 e. The molecule has 0 aliphatic heterocycles. The van der Waals surface area contributed by atoms with Crippen LogP contribution in [-0.2, 0) is 0 Å². The van der Waals surface area contributed by atoms with Gasteiger partial charge in [0.25, 0.3) is 0 Å². The predicted octanol–water partition coefficient (Wildman–Crippen LogP) is -0.318. The first-order valence-electron chi connectivity index (χ1n) is 3.20. The van der Waals surface area contributed by atoms with Crippen molar-refractivity contribution in [1.82, 2.24) is 0 Å². The van der Waals surface area contributed by atoms with E-state index >= 15 is 0 Å². The van der Waals surface area contributed by atoms with Gasteiger partial charge >= 0.3 is 0 Å². The van der Waals surface area contributed by atoms with Gasteiger partial charge in [-0.25, -0.2) is 0 Å². The molecule has 1 rings (SSSR count). The lowest BCUT2D eigenvalue weighted by Crippen LogP contribution is -2.44. The van der Waals surface area contributed by atoms with E-state index in [0.29, 0.717) is 5.70 Å². The highest BCUT2D eigenvalue weighted by Gasteiger charge is 2.26. The third-order valence-electron chi connectivity index (χ3n) is 1.71. The first-order chi connectivity index (χ1) is 4.52. The predicted molar refractivity (Wildman–Crippen MR) is 39.7 cm³/mol. The number of hydrogen-bond acceptors (Lipinski definition) is 3. The van der Waals surface area contributed by atoms with Crippen molar-refractivity contribution in [3.63, 3.8) is 0 Å². The summed E-state index contributed by atoms with van der Waals surface area (Å²) in [6.45, 7) is 1.82. The zero-order chi connectivity index (χ0) is 7.78. The summed E-state index contributed by atoms with van der Waals surface area (Å²) in [5.74, 6) is -0.113. The molecule has 0 spiro atoms. The van der Waals surface area contributed by atoms with Crippen molar-refractivity contribution in [2.24, 2.45) is 17.4 Å². The lowest BCUT2D eigenvalue weighted by Gasteiger charge is -2.27. The van der Waals surface area contributed by atoms with Gasteiger partial charge in [0.15, 0.2) is 0 Å². The van der Waals surface area contributed by atoms with Gasteiger partial charge in [-0.3, -0.25) is 5.73 Å². The highest BCUT2D eigenvalue weighted by Crippen LogP contribution is 2.19. The van der Waals surface area contributed by atoms with E-state index in [-0.39, 0.29) is 5.92 Å². The fourth-order valence-electron chi connectivity index (χ4n) is 0.859. The zero-order valence-electron chi connectivity index (χ0n) is 5.91. The molecule has 3 nitrogen and oxygen atoms in total. The van der Waals surface area contributed by atoms with E-state index in [4.69, 9.17) is 11.5 Å². The van der Waals surface area contributed by atoms with Crippen LogP contribution in [0.25, 0.3) is 0 Å². The summed E-state index contributed by atoms with van der Waals surface area (Å²) >= 11 is 0. The summed E-state index contributed by atoms with van der Waals surface area (Å²) in [4.78, 5) is 0. The van der Waals surface area contributed by atoms with Crippen molar-refractivity contribution in [2.45, 2.75) is 12.6 Å². The molecule has 2 unspecified atom stereocenters. The second-order valence-electron chi connectivity index (χ2n) is 2.68. The molecule has 56 valence electrons. The lowest BCUT2D eigenvalue weighted by atomic mass is 9.93. The van der Waals surface area contributed by atoms with Gasteiger partial charge in [0, 0.05) is 11.6 Å². The van der Waals surface area contributed by atoms with Crippen LogP contribution in [0.2, 0.25) is 0 Å². The molecule has 1 aliphatic rings. The van der Waals surface area contributed by atoms with Crippen LogP contribution in [0.4, 0.5) is 0 Å². The summed E-state index contributed by atoms with van der Waals surface area (Å²) in [6.07, 6.45) is 4.85. The molecule has 0 fully saturated rings. The third-order valence-corrected chi connectivity index (χ3v) is 1.71. The summed E-state index contributed by atoms with van der Waals surface area (Å²) in [5.41, 5.74) is 10.3. The highest BCUT2D eigenvalue weighted by molar-refractivity contribution is 5.25. The van der Waals surface area contributed by atoms with Crippen LogP contribution in [0, 0.1) is 5.92 Å². The Morgan fingerprint density at radius 3 is 2.70 bits per heavy atom. The van der Waals surface area contributed by atoms with Crippen LogP contribution < -0.4 is 11.5 Å². The minimum Gasteiger partial charge on any atom is -0.399 e. The molecule has 0 bridgehead atoms. The van der Waals surface area contributed by atoms with E-state index in [0.717, 1.165) is 0 Å². The molecule has 10 heavy (non-hydrogen) atoms. The quantitative estimate of drug-likeness (QED) is 0.404. The molecule has 5 N–H and O–H groups in total. The molecular formula is C7H12N2O. The van der Waals surface area contributed by atoms with Gasteiger partial charge < -0.3 is 10.8 Å². The number of allylic oxidation sites excluding steroid dienone is 1. The first-order valence-corrected chi connectivity index (χ1v) is 3.20. The monoisotopic (exact) mass is 140 g/mol. The average molecular weight is 140 g/mol. The molecule has 0 saturated heterocycles. The van der Waals surface area contributed by atoms with Crippen molar-refractivity contribution >= 4 is 0 Å². The van der Waals surface area contributed by atoms with Crippen molar-refractivity contribution in [3.05, 3.63) is 23.9 Å². The number of aliphatic hydroxyl groups is 1. The minimum absolute atomic E-state index is 0.113. The Balaban J connectivity index is 2.84. The SMILES string of the molecule is CC1C=C(N)C=CC1(N)O. The van der Waals surface area contributed by atoms with Crippen molar-refractivity contribution in [3.8, 4) is 0 Å². The van der Waals surface area contributed by atoms with Gasteiger partial charge in [-0.2, -0.15) is 0 Å². The van der Waals surface area contributed by atoms with Crippen molar-refractivity contribution in [1.29, 1.82) is 0 Å². The van der Waals surface area contributed by atoms with Crippen LogP contribution in [0.1, 0.15) is 6.92 Å². The number of rotatable bonds is 0. The van der Waals surface area contributed by atoms with Crippen molar-refractivity contribution in [2.75, 3.05) is 0 Å². The maximum atomic E-state index is 9.35. The Hall–Kier alpha value is -0.800. The maximum Gasteiger partial charge on any atom is 0.139 e. The standard InChI is InChI=1S/C7H12N2O/c1-5-4-6(8)2-3-7(5,9)10/h2-5,10H,8-9H2,1H3. The zero-order valence-corrected chi connectivity index (χ0v) is 5.91. The summed E-state index contributed by atoms with van der Waals surface area (Å²) in [5, 5.41) is 9.35. The molecule has 1 aliphatic carbocycles. The molecule has 0 heterocycles. The van der Waals surface area contributed by atoms with Crippen LogP contribution in [0.15, 0.2) is 23.9 Å². The van der Waals surface area contributed by atoms with Gasteiger partial charge in [-0.05, 0) is 12.2 Å². The van der Waals surface area contributed by atoms with Crippen LogP contribution in [0.3, 0.4) is 0 Å². The fourth-order valence-corrected chi connectivity index (χ4v) is 0.859. The smallest absolute Gasteiger partial charge is 0.139 e. The second kappa shape index (κ2) is 2.11. The Bertz CT molecular complexity index is 194. The van der Waals surface area contributed by atoms with Gasteiger partial charge in [0.1, 0.15) is 5.72 Å². The molecule has 0 aromatic heterocycles. The van der Waals surface area contributed by atoms with Crippen LogP contribution in [-0.4, -0.2) is 10.8 Å². The van der Waals surface area contributed by atoms with E-state index in [9.17, 15) is 5.11 Å². The summed E-state index contributed by atoms with van der Waals surface area (Å²) in [7, 11) is 0. The molecule has 3 heteroatoms. The molecule has 0 radical (unpaired) electrons. The normalized spacial score (nSPS) is 39.5. The first kappa shape index (κ1) is 7.31. The highest BCUT2D eigenvalue weighted by atomic mass is 16.3. The molecule has 0 amide bonds. The van der Waals surface area contributed by atoms with E-state index in [1.165, 1.54) is 6.08 Å². The third kappa shape index (κ3) is 1.20. The van der Waals surface area contributed by atoms with Gasteiger partial charge in [-0.15, -0.1) is 0 Å². The fraction of sp³-hybridized carbons (Fsp3) is 0.429. The Kier molecular flexibility index (Phi) is 1.54. The number of nitrogens with two attached hydrogens (primary N) is 2. The number of hydrogen-bond donors (Lipinski definition) is 3. The minimum atomic E-state index is -1.22. The molecule has 2 atom stereocenters. The lowest BCUT2D eigenvalue weighted by molar-refractivity contribution is 0.0596. The second-order valence-corrected chi connectivity index (χ2v) is 2.68. The van der Waals surface area contributed by atoms with Crippen molar-refractivity contribution < 1.29 is 5.11 Å². The Morgan fingerprint density at radius 1 is 1.70 bits per heavy atom. The molecule has 0 aromatic rings.